The maximum Gasteiger partial charge on any atom is 0.168 e. The van der Waals surface area contributed by atoms with Crippen LogP contribution in [0.2, 0.25) is 0 Å². The molecule has 0 aliphatic heterocycles. The van der Waals surface area contributed by atoms with Gasteiger partial charge in [-0.25, -0.2) is 8.42 Å². The molecule has 1 aliphatic rings. The van der Waals surface area contributed by atoms with Crippen LogP contribution in [0.1, 0.15) is 36.0 Å². The lowest BCUT2D eigenvalue weighted by atomic mass is 9.83. The number of Topliss-reactive ketones (excluding diaryl/α,β-unsaturated/α-hetero) is 1. The highest BCUT2D eigenvalue weighted by molar-refractivity contribution is 7.91. The number of carbonyl (C=O) groups is 1. The van der Waals surface area contributed by atoms with Crippen molar-refractivity contribution in [2.24, 2.45) is 5.92 Å². The van der Waals surface area contributed by atoms with Gasteiger partial charge in [-0.15, -0.1) is 0 Å². The van der Waals surface area contributed by atoms with E-state index in [1.165, 1.54) is 13.4 Å². The lowest BCUT2D eigenvalue weighted by molar-refractivity contribution is 0.0891. The Hall–Kier alpha value is -1.56. The first-order chi connectivity index (χ1) is 9.84. The second kappa shape index (κ2) is 6.05. The number of para-hydroxylation sites is 1. The Morgan fingerprint density at radius 1 is 1.33 bits per heavy atom. The Labute approximate surface area is 125 Å². The summed E-state index contributed by atoms with van der Waals surface area (Å²) < 4.78 is 28.5. The van der Waals surface area contributed by atoms with Gasteiger partial charge < -0.3 is 10.5 Å². The number of rotatable bonds is 4. The molecule has 2 N–H and O–H groups in total. The lowest BCUT2D eigenvalue weighted by Crippen LogP contribution is -2.31. The molecule has 2 atom stereocenters. The number of ketones is 1. The van der Waals surface area contributed by atoms with Gasteiger partial charge in [-0.3, -0.25) is 4.79 Å². The summed E-state index contributed by atoms with van der Waals surface area (Å²) in [7, 11) is -1.61. The SMILES string of the molecule is COc1cccc(C(=O)C2CCCC(S(C)(=O)=O)C2)c1N. The molecule has 0 aromatic heterocycles. The topological polar surface area (TPSA) is 86.5 Å². The predicted molar refractivity (Wildman–Crippen MR) is 82.3 cm³/mol. The van der Waals surface area contributed by atoms with Crippen molar-refractivity contribution in [3.63, 3.8) is 0 Å². The Morgan fingerprint density at radius 3 is 2.67 bits per heavy atom. The summed E-state index contributed by atoms with van der Waals surface area (Å²) in [4.78, 5) is 12.6. The molecule has 0 spiro atoms. The number of sulfone groups is 1. The second-order valence-electron chi connectivity index (χ2n) is 5.60. The summed E-state index contributed by atoms with van der Waals surface area (Å²) >= 11 is 0. The van der Waals surface area contributed by atoms with Gasteiger partial charge in [0.1, 0.15) is 15.6 Å². The smallest absolute Gasteiger partial charge is 0.168 e. The number of nitrogens with two attached hydrogens (primary N) is 1. The lowest BCUT2D eigenvalue weighted by Gasteiger charge is -2.27. The first-order valence-electron chi connectivity index (χ1n) is 7.00. The highest BCUT2D eigenvalue weighted by Gasteiger charge is 2.33. The molecule has 0 heterocycles. The van der Waals surface area contributed by atoms with Crippen LogP contribution in [0.3, 0.4) is 0 Å². The van der Waals surface area contributed by atoms with E-state index in [-0.39, 0.29) is 11.7 Å². The predicted octanol–water partition coefficient (Wildman–Crippen LogP) is 2.06. The number of hydrogen-bond acceptors (Lipinski definition) is 5. The van der Waals surface area contributed by atoms with Crippen LogP contribution in [0, 0.1) is 5.92 Å². The van der Waals surface area contributed by atoms with E-state index in [0.717, 1.165) is 6.42 Å². The Bertz CT molecular complexity index is 639. The number of benzene rings is 1. The normalized spacial score (nSPS) is 22.8. The first kappa shape index (κ1) is 15.8. The van der Waals surface area contributed by atoms with Crippen LogP contribution in [-0.4, -0.2) is 32.8 Å². The zero-order valence-corrected chi connectivity index (χ0v) is 13.2. The Morgan fingerprint density at radius 2 is 2.05 bits per heavy atom. The fourth-order valence-electron chi connectivity index (χ4n) is 2.93. The quantitative estimate of drug-likeness (QED) is 0.679. The van der Waals surface area contributed by atoms with Gasteiger partial charge in [-0.05, 0) is 31.4 Å². The monoisotopic (exact) mass is 311 g/mol. The largest absolute Gasteiger partial charge is 0.495 e. The fourth-order valence-corrected chi connectivity index (χ4v) is 4.11. The van der Waals surface area contributed by atoms with Crippen molar-refractivity contribution >= 4 is 21.3 Å². The molecular weight excluding hydrogens is 290 g/mol. The van der Waals surface area contributed by atoms with E-state index in [1.807, 2.05) is 0 Å². The third-order valence-corrected chi connectivity index (χ3v) is 5.79. The van der Waals surface area contributed by atoms with Gasteiger partial charge in [0.05, 0.1) is 18.0 Å². The number of hydrogen-bond donors (Lipinski definition) is 1. The summed E-state index contributed by atoms with van der Waals surface area (Å²) in [6.45, 7) is 0. The molecular formula is C15H21NO4S. The van der Waals surface area contributed by atoms with Gasteiger partial charge in [0.25, 0.3) is 0 Å². The minimum atomic E-state index is -3.11. The molecule has 5 nitrogen and oxygen atoms in total. The van der Waals surface area contributed by atoms with Crippen LogP contribution < -0.4 is 10.5 Å². The fraction of sp³-hybridized carbons (Fsp3) is 0.533. The van der Waals surface area contributed by atoms with E-state index in [4.69, 9.17) is 10.5 Å². The van der Waals surface area contributed by atoms with Crippen molar-refractivity contribution in [1.29, 1.82) is 0 Å². The van der Waals surface area contributed by atoms with E-state index in [0.29, 0.717) is 36.3 Å². The standard InChI is InChI=1S/C15H21NO4S/c1-20-13-8-4-7-12(14(13)16)15(17)10-5-3-6-11(9-10)21(2,18)19/h4,7-8,10-11H,3,5-6,9,16H2,1-2H3. The summed E-state index contributed by atoms with van der Waals surface area (Å²) in [5.74, 6) is 0.101. The van der Waals surface area contributed by atoms with E-state index < -0.39 is 15.1 Å². The van der Waals surface area contributed by atoms with E-state index >= 15 is 0 Å². The van der Waals surface area contributed by atoms with Gasteiger partial charge in [0.2, 0.25) is 0 Å². The molecule has 2 unspecified atom stereocenters. The minimum absolute atomic E-state index is 0.0836. The van der Waals surface area contributed by atoms with Gasteiger partial charge in [-0.2, -0.15) is 0 Å². The number of ether oxygens (including phenoxy) is 1. The third kappa shape index (κ3) is 3.37. The van der Waals surface area contributed by atoms with E-state index in [1.54, 1.807) is 18.2 Å². The highest BCUT2D eigenvalue weighted by atomic mass is 32.2. The molecule has 21 heavy (non-hydrogen) atoms. The summed E-state index contributed by atoms with van der Waals surface area (Å²) in [6, 6.07) is 5.09. The van der Waals surface area contributed by atoms with Crippen LogP contribution in [-0.2, 0) is 9.84 Å². The molecule has 1 aromatic carbocycles. The van der Waals surface area contributed by atoms with Crippen molar-refractivity contribution in [2.45, 2.75) is 30.9 Å². The summed E-state index contributed by atoms with van der Waals surface area (Å²) in [5.41, 5.74) is 6.71. The van der Waals surface area contributed by atoms with E-state index in [9.17, 15) is 13.2 Å². The van der Waals surface area contributed by atoms with Crippen LogP contribution in [0.4, 0.5) is 5.69 Å². The molecule has 1 aliphatic carbocycles. The van der Waals surface area contributed by atoms with Crippen molar-refractivity contribution < 1.29 is 17.9 Å². The number of anilines is 1. The van der Waals surface area contributed by atoms with Crippen LogP contribution in [0.5, 0.6) is 5.75 Å². The summed E-state index contributed by atoms with van der Waals surface area (Å²) in [6.07, 6.45) is 3.72. The Kier molecular flexibility index (Phi) is 4.56. The number of carbonyl (C=O) groups excluding carboxylic acids is 1. The zero-order chi connectivity index (χ0) is 15.6. The summed E-state index contributed by atoms with van der Waals surface area (Å²) in [5, 5.41) is -0.424. The number of nitrogen functional groups attached to an aromatic ring is 1. The van der Waals surface area contributed by atoms with Crippen LogP contribution >= 0.6 is 0 Å². The van der Waals surface area contributed by atoms with Gasteiger partial charge in [0.15, 0.2) is 5.78 Å². The van der Waals surface area contributed by atoms with Crippen molar-refractivity contribution in [3.8, 4) is 5.75 Å². The first-order valence-corrected chi connectivity index (χ1v) is 8.95. The maximum absolute atomic E-state index is 12.6. The van der Waals surface area contributed by atoms with Crippen LogP contribution in [0.15, 0.2) is 18.2 Å². The van der Waals surface area contributed by atoms with Crippen molar-refractivity contribution in [3.05, 3.63) is 23.8 Å². The molecule has 1 aromatic rings. The molecule has 1 fully saturated rings. The third-order valence-electron chi connectivity index (χ3n) is 4.15. The Balaban J connectivity index is 2.24. The molecule has 6 heteroatoms. The van der Waals surface area contributed by atoms with Crippen LogP contribution in [0.25, 0.3) is 0 Å². The molecule has 0 radical (unpaired) electrons. The van der Waals surface area contributed by atoms with Gasteiger partial charge in [0, 0.05) is 17.7 Å². The molecule has 1 saturated carbocycles. The highest BCUT2D eigenvalue weighted by Crippen LogP contribution is 2.34. The molecule has 0 bridgehead atoms. The molecule has 116 valence electrons. The van der Waals surface area contributed by atoms with Gasteiger partial charge in [-0.1, -0.05) is 12.5 Å². The minimum Gasteiger partial charge on any atom is -0.495 e. The average molecular weight is 311 g/mol. The average Bonchev–Trinajstić information content (AvgIpc) is 2.46. The van der Waals surface area contributed by atoms with Crippen molar-refractivity contribution in [2.75, 3.05) is 19.1 Å². The van der Waals surface area contributed by atoms with E-state index in [2.05, 4.69) is 0 Å². The maximum atomic E-state index is 12.6. The zero-order valence-electron chi connectivity index (χ0n) is 12.3. The molecule has 2 rings (SSSR count). The van der Waals surface area contributed by atoms with Gasteiger partial charge >= 0.3 is 0 Å². The van der Waals surface area contributed by atoms with Crippen molar-refractivity contribution in [1.82, 2.24) is 0 Å². The second-order valence-corrected chi connectivity index (χ2v) is 7.93. The number of methoxy groups -OCH3 is 1. The molecule has 0 amide bonds. The molecule has 0 saturated heterocycles.